The molecule has 3 aromatic carbocycles. The molecule has 0 atom stereocenters. The number of esters is 1. The first-order valence-corrected chi connectivity index (χ1v) is 13.3. The summed E-state index contributed by atoms with van der Waals surface area (Å²) in [6.07, 6.45) is 1.91. The second kappa shape index (κ2) is 10.7. The van der Waals surface area contributed by atoms with Gasteiger partial charge in [0.1, 0.15) is 23.9 Å². The van der Waals surface area contributed by atoms with E-state index in [1.54, 1.807) is 13.1 Å². The second-order valence-electron chi connectivity index (χ2n) is 9.86. The highest BCUT2D eigenvalue weighted by Gasteiger charge is 2.21. The van der Waals surface area contributed by atoms with E-state index in [4.69, 9.17) is 20.3 Å². The average Bonchev–Trinajstić information content (AvgIpc) is 3.27. The summed E-state index contributed by atoms with van der Waals surface area (Å²) < 4.78 is 13.5. The summed E-state index contributed by atoms with van der Waals surface area (Å²) in [7, 11) is 0. The topological polar surface area (TPSA) is 104 Å². The molecule has 0 unspecified atom stereocenters. The van der Waals surface area contributed by atoms with Crippen molar-refractivity contribution in [2.45, 2.75) is 26.5 Å². The molecule has 1 saturated heterocycles. The van der Waals surface area contributed by atoms with Crippen molar-refractivity contribution in [3.8, 4) is 16.9 Å². The van der Waals surface area contributed by atoms with Crippen LogP contribution in [0.5, 0.6) is 5.75 Å². The number of nitrogens with zero attached hydrogens (tertiary/aromatic N) is 3. The summed E-state index contributed by atoms with van der Waals surface area (Å²) in [5.41, 5.74) is 11.1. The molecule has 0 amide bonds. The molecule has 2 aromatic heterocycles. The molecule has 1 aliphatic rings. The Bertz CT molecular complexity index is 1660. The normalized spacial score (nSPS) is 13.5. The van der Waals surface area contributed by atoms with Crippen LogP contribution in [0.4, 0.5) is 5.82 Å². The number of anilines is 1. The molecule has 39 heavy (non-hydrogen) atoms. The molecular formula is C31H31N5O3. The van der Waals surface area contributed by atoms with Gasteiger partial charge < -0.3 is 20.5 Å². The summed E-state index contributed by atoms with van der Waals surface area (Å²) in [5, 5.41) is 11.4. The van der Waals surface area contributed by atoms with Gasteiger partial charge in [0.2, 0.25) is 0 Å². The lowest BCUT2D eigenvalue weighted by molar-refractivity contribution is -0.142. The number of pyridine rings is 1. The molecule has 1 fully saturated rings. The van der Waals surface area contributed by atoms with Gasteiger partial charge in [0.05, 0.1) is 18.5 Å². The third-order valence-electron chi connectivity index (χ3n) is 7.25. The molecule has 0 spiro atoms. The molecule has 8 heteroatoms. The first-order valence-electron chi connectivity index (χ1n) is 13.3. The van der Waals surface area contributed by atoms with Crippen LogP contribution in [-0.4, -0.2) is 40.4 Å². The number of hydrogen-bond donors (Lipinski definition) is 2. The van der Waals surface area contributed by atoms with Crippen molar-refractivity contribution in [3.05, 3.63) is 84.2 Å². The number of carbonyl (C=O) groups is 1. The molecule has 0 bridgehead atoms. The number of nitrogens with two attached hydrogens (primary N) is 1. The number of rotatable bonds is 9. The number of fused-ring (bicyclic) bond motifs is 2. The van der Waals surface area contributed by atoms with Gasteiger partial charge in [0.25, 0.3) is 0 Å². The standard InChI is InChI=1S/C31H31N5O3/c1-2-38-30(37)15-22-6-3-4-9-29(22)39-19-27-26-14-21(10-11-28(26)36(35-27)18-20-16-33-17-20)23-7-5-8-25-24(23)12-13-34-31(25)32/h3-14,20,33H,2,15-19H2,1H3,(H2,32,34). The summed E-state index contributed by atoms with van der Waals surface area (Å²) in [6.45, 7) is 5.28. The fourth-order valence-electron chi connectivity index (χ4n) is 5.17. The predicted octanol–water partition coefficient (Wildman–Crippen LogP) is 4.74. The van der Waals surface area contributed by atoms with Gasteiger partial charge in [-0.25, -0.2) is 4.98 Å². The van der Waals surface area contributed by atoms with Crippen LogP contribution < -0.4 is 15.8 Å². The maximum Gasteiger partial charge on any atom is 0.310 e. The van der Waals surface area contributed by atoms with Gasteiger partial charge in [-0.2, -0.15) is 5.10 Å². The number of para-hydroxylation sites is 1. The van der Waals surface area contributed by atoms with Gasteiger partial charge in [-0.15, -0.1) is 0 Å². The Labute approximate surface area is 226 Å². The minimum absolute atomic E-state index is 0.164. The third-order valence-corrected chi connectivity index (χ3v) is 7.25. The molecule has 3 N–H and O–H groups in total. The molecule has 0 aliphatic carbocycles. The molecule has 5 aromatic rings. The van der Waals surface area contributed by atoms with Crippen molar-refractivity contribution >= 4 is 33.5 Å². The lowest BCUT2D eigenvalue weighted by atomic mass is 9.97. The Morgan fingerprint density at radius 2 is 1.92 bits per heavy atom. The van der Waals surface area contributed by atoms with Crippen molar-refractivity contribution in [1.82, 2.24) is 20.1 Å². The van der Waals surface area contributed by atoms with Crippen LogP contribution in [0.3, 0.4) is 0 Å². The van der Waals surface area contributed by atoms with Gasteiger partial charge in [-0.1, -0.05) is 42.5 Å². The Kier molecular flexibility index (Phi) is 6.85. The van der Waals surface area contributed by atoms with E-state index in [9.17, 15) is 4.79 Å². The number of nitrogens with one attached hydrogen (secondary N) is 1. The Hall–Kier alpha value is -4.43. The molecule has 8 nitrogen and oxygen atoms in total. The highest BCUT2D eigenvalue weighted by atomic mass is 16.5. The van der Waals surface area contributed by atoms with Gasteiger partial charge in [0, 0.05) is 48.1 Å². The summed E-state index contributed by atoms with van der Waals surface area (Å²) >= 11 is 0. The number of ether oxygens (including phenoxy) is 2. The van der Waals surface area contributed by atoms with E-state index in [1.807, 2.05) is 42.5 Å². The van der Waals surface area contributed by atoms with E-state index >= 15 is 0 Å². The smallest absolute Gasteiger partial charge is 0.310 e. The Morgan fingerprint density at radius 3 is 2.74 bits per heavy atom. The first-order chi connectivity index (χ1) is 19.1. The summed E-state index contributed by atoms with van der Waals surface area (Å²) in [4.78, 5) is 16.4. The van der Waals surface area contributed by atoms with Gasteiger partial charge >= 0.3 is 5.97 Å². The molecule has 1 aliphatic heterocycles. The van der Waals surface area contributed by atoms with Crippen molar-refractivity contribution in [3.63, 3.8) is 0 Å². The molecular weight excluding hydrogens is 490 g/mol. The van der Waals surface area contributed by atoms with E-state index in [2.05, 4.69) is 39.2 Å². The van der Waals surface area contributed by atoms with Crippen molar-refractivity contribution in [2.75, 3.05) is 25.4 Å². The maximum absolute atomic E-state index is 12.1. The number of benzene rings is 3. The van der Waals surface area contributed by atoms with E-state index in [0.29, 0.717) is 24.1 Å². The number of hydrogen-bond acceptors (Lipinski definition) is 7. The lowest BCUT2D eigenvalue weighted by Gasteiger charge is -2.27. The minimum atomic E-state index is -0.270. The van der Waals surface area contributed by atoms with Crippen LogP contribution >= 0.6 is 0 Å². The predicted molar refractivity (Wildman–Crippen MR) is 152 cm³/mol. The SMILES string of the molecule is CCOC(=O)Cc1ccccc1OCc1nn(CC2CNC2)c2ccc(-c3cccc4c(N)nccc34)cc12. The second-order valence-corrected chi connectivity index (χ2v) is 9.86. The molecule has 3 heterocycles. The fraction of sp³-hybridized carbons (Fsp3) is 0.258. The Balaban J connectivity index is 1.37. The monoisotopic (exact) mass is 521 g/mol. The number of nitrogen functional groups attached to an aromatic ring is 1. The van der Waals surface area contributed by atoms with Crippen LogP contribution in [0.1, 0.15) is 18.2 Å². The highest BCUT2D eigenvalue weighted by molar-refractivity contribution is 6.02. The quantitative estimate of drug-likeness (QED) is 0.270. The average molecular weight is 522 g/mol. The van der Waals surface area contributed by atoms with Crippen LogP contribution in [0.15, 0.2) is 72.9 Å². The molecule has 6 rings (SSSR count). The van der Waals surface area contributed by atoms with Crippen LogP contribution in [-0.2, 0) is 29.1 Å². The molecule has 0 radical (unpaired) electrons. The third kappa shape index (κ3) is 5.03. The zero-order valence-corrected chi connectivity index (χ0v) is 21.9. The molecule has 198 valence electrons. The van der Waals surface area contributed by atoms with Gasteiger partial charge in [-0.05, 0) is 47.7 Å². The van der Waals surface area contributed by atoms with E-state index < -0.39 is 0 Å². The number of aromatic nitrogens is 3. The lowest BCUT2D eigenvalue weighted by Crippen LogP contribution is -2.44. The highest BCUT2D eigenvalue weighted by Crippen LogP contribution is 2.34. The first kappa shape index (κ1) is 24.9. The van der Waals surface area contributed by atoms with Crippen molar-refractivity contribution in [2.24, 2.45) is 5.92 Å². The zero-order chi connectivity index (χ0) is 26.8. The van der Waals surface area contributed by atoms with E-state index in [0.717, 1.165) is 63.7 Å². The van der Waals surface area contributed by atoms with Gasteiger partial charge in [-0.3, -0.25) is 9.48 Å². The maximum atomic E-state index is 12.1. The van der Waals surface area contributed by atoms with Crippen molar-refractivity contribution in [1.29, 1.82) is 0 Å². The summed E-state index contributed by atoms with van der Waals surface area (Å²) in [5.74, 6) is 1.46. The Morgan fingerprint density at radius 1 is 1.05 bits per heavy atom. The fourth-order valence-corrected chi connectivity index (χ4v) is 5.17. The van der Waals surface area contributed by atoms with Crippen LogP contribution in [0.25, 0.3) is 32.8 Å². The zero-order valence-electron chi connectivity index (χ0n) is 21.9. The van der Waals surface area contributed by atoms with E-state index in [1.165, 1.54) is 0 Å². The minimum Gasteiger partial charge on any atom is -0.487 e. The van der Waals surface area contributed by atoms with E-state index in [-0.39, 0.29) is 19.0 Å². The number of carbonyl (C=O) groups excluding carboxylic acids is 1. The van der Waals surface area contributed by atoms with Crippen LogP contribution in [0.2, 0.25) is 0 Å². The van der Waals surface area contributed by atoms with Gasteiger partial charge in [0.15, 0.2) is 0 Å². The van der Waals surface area contributed by atoms with Crippen molar-refractivity contribution < 1.29 is 14.3 Å². The summed E-state index contributed by atoms with van der Waals surface area (Å²) in [6, 6.07) is 22.2. The molecule has 0 saturated carbocycles. The van der Waals surface area contributed by atoms with Crippen LogP contribution in [0, 0.1) is 5.92 Å². The largest absolute Gasteiger partial charge is 0.487 e.